The van der Waals surface area contributed by atoms with Crippen LogP contribution in [0.4, 0.5) is 0 Å². The van der Waals surface area contributed by atoms with Gasteiger partial charge in [-0.25, -0.2) is 4.79 Å². The van der Waals surface area contributed by atoms with Gasteiger partial charge in [0, 0.05) is 10.6 Å². The van der Waals surface area contributed by atoms with Crippen molar-refractivity contribution >= 4 is 17.7 Å². The molecule has 1 aromatic heterocycles. The standard InChI is InChI=1S/C12H10N2O2S/c15-12(16)11-10(6-7-13-14-11)17-8-9-4-2-1-3-5-9/h1-7H,8H2,(H,15,16). The molecule has 1 heterocycles. The molecule has 86 valence electrons. The van der Waals surface area contributed by atoms with Crippen molar-refractivity contribution in [2.45, 2.75) is 10.6 Å². The fourth-order valence-corrected chi connectivity index (χ4v) is 2.26. The van der Waals surface area contributed by atoms with Crippen molar-refractivity contribution in [1.82, 2.24) is 10.2 Å². The molecule has 2 aromatic rings. The van der Waals surface area contributed by atoms with E-state index in [1.165, 1.54) is 18.0 Å². The zero-order chi connectivity index (χ0) is 12.1. The number of carbonyl (C=O) groups is 1. The van der Waals surface area contributed by atoms with Crippen LogP contribution in [0, 0.1) is 0 Å². The average molecular weight is 246 g/mol. The van der Waals surface area contributed by atoms with Crippen molar-refractivity contribution in [1.29, 1.82) is 0 Å². The Balaban J connectivity index is 2.12. The van der Waals surface area contributed by atoms with Gasteiger partial charge in [0.05, 0.1) is 6.20 Å². The molecule has 0 saturated carbocycles. The van der Waals surface area contributed by atoms with Crippen LogP contribution in [0.3, 0.4) is 0 Å². The summed E-state index contributed by atoms with van der Waals surface area (Å²) in [6, 6.07) is 11.5. The summed E-state index contributed by atoms with van der Waals surface area (Å²) in [5.41, 5.74) is 1.15. The van der Waals surface area contributed by atoms with Crippen LogP contribution >= 0.6 is 11.8 Å². The van der Waals surface area contributed by atoms with E-state index < -0.39 is 5.97 Å². The highest BCUT2D eigenvalue weighted by Crippen LogP contribution is 2.24. The van der Waals surface area contributed by atoms with Gasteiger partial charge in [-0.2, -0.15) is 5.10 Å². The minimum Gasteiger partial charge on any atom is -0.476 e. The van der Waals surface area contributed by atoms with E-state index in [0.717, 1.165) is 5.56 Å². The van der Waals surface area contributed by atoms with E-state index >= 15 is 0 Å². The van der Waals surface area contributed by atoms with E-state index in [-0.39, 0.29) is 5.69 Å². The zero-order valence-corrected chi connectivity index (χ0v) is 9.72. The summed E-state index contributed by atoms with van der Waals surface area (Å²) in [7, 11) is 0. The number of carboxylic acids is 1. The Bertz CT molecular complexity index is 517. The Morgan fingerprint density at radius 3 is 2.71 bits per heavy atom. The minimum atomic E-state index is -1.05. The molecule has 0 radical (unpaired) electrons. The number of benzene rings is 1. The highest BCUT2D eigenvalue weighted by molar-refractivity contribution is 7.98. The van der Waals surface area contributed by atoms with Crippen LogP contribution in [0.1, 0.15) is 16.1 Å². The molecular formula is C12H10N2O2S. The largest absolute Gasteiger partial charge is 0.476 e. The number of thioether (sulfide) groups is 1. The Labute approximate surface area is 103 Å². The smallest absolute Gasteiger partial charge is 0.357 e. The van der Waals surface area contributed by atoms with Crippen LogP contribution in [0.5, 0.6) is 0 Å². The lowest BCUT2D eigenvalue weighted by molar-refractivity contribution is 0.0685. The molecule has 0 amide bonds. The van der Waals surface area contributed by atoms with Crippen LogP contribution in [0.2, 0.25) is 0 Å². The van der Waals surface area contributed by atoms with E-state index in [4.69, 9.17) is 5.11 Å². The third kappa shape index (κ3) is 3.04. The molecule has 0 spiro atoms. The van der Waals surface area contributed by atoms with Crippen LogP contribution in [0.25, 0.3) is 0 Å². The van der Waals surface area contributed by atoms with Gasteiger partial charge < -0.3 is 5.11 Å². The van der Waals surface area contributed by atoms with Crippen LogP contribution in [-0.4, -0.2) is 21.3 Å². The van der Waals surface area contributed by atoms with Gasteiger partial charge in [-0.1, -0.05) is 30.3 Å². The normalized spacial score (nSPS) is 10.1. The molecule has 2 rings (SSSR count). The Hall–Kier alpha value is -1.88. The lowest BCUT2D eigenvalue weighted by Gasteiger charge is -2.03. The Morgan fingerprint density at radius 2 is 2.00 bits per heavy atom. The molecule has 0 saturated heterocycles. The maximum absolute atomic E-state index is 10.9. The van der Waals surface area contributed by atoms with Crippen molar-refractivity contribution in [2.24, 2.45) is 0 Å². The van der Waals surface area contributed by atoms with E-state index in [1.807, 2.05) is 30.3 Å². The molecule has 0 atom stereocenters. The number of rotatable bonds is 4. The molecule has 0 unspecified atom stereocenters. The molecule has 17 heavy (non-hydrogen) atoms. The maximum atomic E-state index is 10.9. The molecule has 4 nitrogen and oxygen atoms in total. The minimum absolute atomic E-state index is 0.00781. The highest BCUT2D eigenvalue weighted by atomic mass is 32.2. The maximum Gasteiger partial charge on any atom is 0.357 e. The van der Waals surface area contributed by atoms with Crippen molar-refractivity contribution in [3.05, 3.63) is 53.9 Å². The molecule has 1 N–H and O–H groups in total. The number of carboxylic acid groups (broad SMARTS) is 1. The second-order valence-electron chi connectivity index (χ2n) is 3.32. The SMILES string of the molecule is O=C(O)c1nnccc1SCc1ccccc1. The topological polar surface area (TPSA) is 63.1 Å². The van der Waals surface area contributed by atoms with Crippen LogP contribution in [-0.2, 0) is 5.75 Å². The predicted molar refractivity (Wildman–Crippen MR) is 65.0 cm³/mol. The first-order valence-electron chi connectivity index (χ1n) is 4.99. The van der Waals surface area contributed by atoms with Gasteiger partial charge >= 0.3 is 5.97 Å². The second kappa shape index (κ2) is 5.45. The fraction of sp³-hybridized carbons (Fsp3) is 0.0833. The number of aromatic nitrogens is 2. The molecule has 0 aliphatic carbocycles. The first-order chi connectivity index (χ1) is 8.27. The quantitative estimate of drug-likeness (QED) is 0.839. The van der Waals surface area contributed by atoms with Gasteiger partial charge in [0.15, 0.2) is 5.69 Å². The summed E-state index contributed by atoms with van der Waals surface area (Å²) < 4.78 is 0. The second-order valence-corrected chi connectivity index (χ2v) is 4.34. The van der Waals surface area contributed by atoms with Gasteiger partial charge in [-0.15, -0.1) is 16.9 Å². The van der Waals surface area contributed by atoms with E-state index in [9.17, 15) is 4.79 Å². The highest BCUT2D eigenvalue weighted by Gasteiger charge is 2.12. The fourth-order valence-electron chi connectivity index (χ4n) is 1.32. The molecule has 0 aliphatic rings. The van der Waals surface area contributed by atoms with Crippen molar-refractivity contribution in [3.63, 3.8) is 0 Å². The number of hydrogen-bond donors (Lipinski definition) is 1. The third-order valence-corrected chi connectivity index (χ3v) is 3.24. The number of nitrogens with zero attached hydrogens (tertiary/aromatic N) is 2. The summed E-state index contributed by atoms with van der Waals surface area (Å²) in [6.45, 7) is 0. The first-order valence-corrected chi connectivity index (χ1v) is 5.97. The van der Waals surface area contributed by atoms with Crippen molar-refractivity contribution in [2.75, 3.05) is 0 Å². The van der Waals surface area contributed by atoms with Crippen LogP contribution in [0.15, 0.2) is 47.5 Å². The zero-order valence-electron chi connectivity index (χ0n) is 8.91. The van der Waals surface area contributed by atoms with Crippen molar-refractivity contribution < 1.29 is 9.90 Å². The molecular weight excluding hydrogens is 236 g/mol. The third-order valence-electron chi connectivity index (χ3n) is 2.12. The van der Waals surface area contributed by atoms with E-state index in [2.05, 4.69) is 10.2 Å². The van der Waals surface area contributed by atoms with Gasteiger partial charge in [0.1, 0.15) is 0 Å². The summed E-state index contributed by atoms with van der Waals surface area (Å²) in [5, 5.41) is 16.1. The number of hydrogen-bond acceptors (Lipinski definition) is 4. The Morgan fingerprint density at radius 1 is 1.24 bits per heavy atom. The van der Waals surface area contributed by atoms with Gasteiger partial charge in [-0.3, -0.25) is 0 Å². The van der Waals surface area contributed by atoms with Gasteiger partial charge in [-0.05, 0) is 11.6 Å². The molecule has 1 aromatic carbocycles. The monoisotopic (exact) mass is 246 g/mol. The molecule has 0 fully saturated rings. The summed E-state index contributed by atoms with van der Waals surface area (Å²) in [6.07, 6.45) is 1.50. The molecule has 5 heteroatoms. The average Bonchev–Trinajstić information content (AvgIpc) is 2.38. The molecule has 0 aliphatic heterocycles. The van der Waals surface area contributed by atoms with E-state index in [0.29, 0.717) is 10.6 Å². The van der Waals surface area contributed by atoms with Gasteiger partial charge in [0.2, 0.25) is 0 Å². The van der Waals surface area contributed by atoms with Gasteiger partial charge in [0.25, 0.3) is 0 Å². The van der Waals surface area contributed by atoms with E-state index in [1.54, 1.807) is 6.07 Å². The molecule has 0 bridgehead atoms. The van der Waals surface area contributed by atoms with Crippen molar-refractivity contribution in [3.8, 4) is 0 Å². The predicted octanol–water partition coefficient (Wildman–Crippen LogP) is 2.47. The Kier molecular flexibility index (Phi) is 3.72. The van der Waals surface area contributed by atoms with Crippen LogP contribution < -0.4 is 0 Å². The first kappa shape index (κ1) is 11.6. The summed E-state index contributed by atoms with van der Waals surface area (Å²) in [5.74, 6) is -0.332. The lowest BCUT2D eigenvalue weighted by Crippen LogP contribution is -2.03. The summed E-state index contributed by atoms with van der Waals surface area (Å²) in [4.78, 5) is 11.6. The number of aromatic carboxylic acids is 1. The summed E-state index contributed by atoms with van der Waals surface area (Å²) >= 11 is 1.45. The lowest BCUT2D eigenvalue weighted by atomic mass is 10.2.